The summed E-state index contributed by atoms with van der Waals surface area (Å²) in [6.07, 6.45) is 0. The lowest BCUT2D eigenvalue weighted by Crippen LogP contribution is -2.35. The normalized spacial score (nSPS) is 18.0. The Kier molecular flexibility index (Phi) is 6.60. The smallest absolute Gasteiger partial charge is 0.295 e. The van der Waals surface area contributed by atoms with Gasteiger partial charge in [-0.3, -0.25) is 9.59 Å². The first-order chi connectivity index (χ1) is 14.8. The van der Waals surface area contributed by atoms with Crippen molar-refractivity contribution in [2.24, 2.45) is 0 Å². The van der Waals surface area contributed by atoms with Gasteiger partial charge in [-0.2, -0.15) is 0 Å². The lowest BCUT2D eigenvalue weighted by molar-refractivity contribution is -0.140. The highest BCUT2D eigenvalue weighted by Gasteiger charge is 2.46. The standard InChI is InChI=1S/C23H25FN2O5/c1-25(2)10-11-26-20(14-6-5-7-15(24)12-14)19(22(28)23(26)29)21(27)17-9-8-16(30-3)13-18(17)31-4/h5-9,12-13,20,27H,10-11H2,1-4H3/b21-19+. The molecule has 0 saturated carbocycles. The molecule has 1 N–H and O–H groups in total. The molecule has 0 aromatic heterocycles. The van der Waals surface area contributed by atoms with Crippen LogP contribution in [0.5, 0.6) is 11.5 Å². The summed E-state index contributed by atoms with van der Waals surface area (Å²) in [5, 5.41) is 11.1. The summed E-state index contributed by atoms with van der Waals surface area (Å²) >= 11 is 0. The highest BCUT2D eigenvalue weighted by atomic mass is 19.1. The van der Waals surface area contributed by atoms with Crippen LogP contribution in [0.1, 0.15) is 17.2 Å². The van der Waals surface area contributed by atoms with Gasteiger partial charge in [-0.1, -0.05) is 12.1 Å². The third-order valence-corrected chi connectivity index (χ3v) is 5.16. The summed E-state index contributed by atoms with van der Waals surface area (Å²) in [6, 6.07) is 9.46. The third kappa shape index (κ3) is 4.39. The van der Waals surface area contributed by atoms with E-state index in [1.54, 1.807) is 24.3 Å². The number of ether oxygens (including phenoxy) is 2. The number of aliphatic hydroxyl groups is 1. The highest BCUT2D eigenvalue weighted by molar-refractivity contribution is 6.46. The molecule has 1 heterocycles. The maximum Gasteiger partial charge on any atom is 0.295 e. The van der Waals surface area contributed by atoms with Crippen LogP contribution in [0, 0.1) is 5.82 Å². The molecule has 7 nitrogen and oxygen atoms in total. The van der Waals surface area contributed by atoms with E-state index in [4.69, 9.17) is 9.47 Å². The minimum atomic E-state index is -0.928. The molecule has 1 atom stereocenters. The van der Waals surface area contributed by atoms with Crippen LogP contribution in [0.3, 0.4) is 0 Å². The van der Waals surface area contributed by atoms with Gasteiger partial charge in [0.2, 0.25) is 0 Å². The SMILES string of the molecule is COc1ccc(/C(O)=C2\C(=O)C(=O)N(CCN(C)C)C2c2cccc(F)c2)c(OC)c1. The molecule has 2 aromatic carbocycles. The van der Waals surface area contributed by atoms with Crippen LogP contribution >= 0.6 is 0 Å². The van der Waals surface area contributed by atoms with E-state index in [9.17, 15) is 19.1 Å². The van der Waals surface area contributed by atoms with E-state index in [1.165, 1.54) is 37.3 Å². The van der Waals surface area contributed by atoms with Gasteiger partial charge in [0, 0.05) is 19.2 Å². The Bertz CT molecular complexity index is 1030. The van der Waals surface area contributed by atoms with Crippen molar-refractivity contribution < 1.29 is 28.6 Å². The number of hydrogen-bond acceptors (Lipinski definition) is 6. The maximum atomic E-state index is 14.0. The fourth-order valence-electron chi connectivity index (χ4n) is 3.58. The van der Waals surface area contributed by atoms with Crippen LogP contribution in [-0.2, 0) is 9.59 Å². The summed E-state index contributed by atoms with van der Waals surface area (Å²) < 4.78 is 24.5. The van der Waals surface area contributed by atoms with Crippen molar-refractivity contribution in [3.8, 4) is 11.5 Å². The molecule has 0 radical (unpaired) electrons. The fourth-order valence-corrected chi connectivity index (χ4v) is 3.58. The van der Waals surface area contributed by atoms with E-state index < -0.39 is 23.5 Å². The molecule has 0 spiro atoms. The second-order valence-electron chi connectivity index (χ2n) is 7.42. The number of aliphatic hydroxyl groups excluding tert-OH is 1. The summed E-state index contributed by atoms with van der Waals surface area (Å²) in [6.45, 7) is 0.722. The minimum Gasteiger partial charge on any atom is -0.507 e. The van der Waals surface area contributed by atoms with Crippen molar-refractivity contribution in [3.05, 3.63) is 65.0 Å². The quantitative estimate of drug-likeness (QED) is 0.415. The number of likely N-dealkylation sites (tertiary alicyclic amines) is 1. The molecular formula is C23H25FN2O5. The number of likely N-dealkylation sites (N-methyl/N-ethyl adjacent to an activating group) is 1. The summed E-state index contributed by atoms with van der Waals surface area (Å²) in [4.78, 5) is 29.1. The summed E-state index contributed by atoms with van der Waals surface area (Å²) in [5.41, 5.74) is 0.514. The number of halogens is 1. The summed E-state index contributed by atoms with van der Waals surface area (Å²) in [7, 11) is 6.60. The third-order valence-electron chi connectivity index (χ3n) is 5.16. The van der Waals surface area contributed by atoms with E-state index in [0.717, 1.165) is 0 Å². The average Bonchev–Trinajstić information content (AvgIpc) is 3.01. The van der Waals surface area contributed by atoms with Crippen LogP contribution in [-0.4, -0.2) is 68.0 Å². The molecule has 8 heteroatoms. The van der Waals surface area contributed by atoms with Crippen LogP contribution in [0.25, 0.3) is 5.76 Å². The molecular weight excluding hydrogens is 403 g/mol. The molecule has 0 aliphatic carbocycles. The van der Waals surface area contributed by atoms with Gasteiger partial charge in [-0.15, -0.1) is 0 Å². The Balaban J connectivity index is 2.20. The maximum absolute atomic E-state index is 14.0. The predicted molar refractivity (Wildman–Crippen MR) is 114 cm³/mol. The van der Waals surface area contributed by atoms with Gasteiger partial charge in [0.1, 0.15) is 23.1 Å². The molecule has 1 unspecified atom stereocenters. The van der Waals surface area contributed by atoms with Crippen LogP contribution in [0.2, 0.25) is 0 Å². The van der Waals surface area contributed by atoms with Crippen molar-refractivity contribution in [2.75, 3.05) is 41.4 Å². The molecule has 1 saturated heterocycles. The zero-order valence-electron chi connectivity index (χ0n) is 17.9. The number of carbonyl (C=O) groups excluding carboxylic acids is 2. The number of methoxy groups -OCH3 is 2. The molecule has 1 aliphatic rings. The number of nitrogens with zero attached hydrogens (tertiary/aromatic N) is 2. The molecule has 3 rings (SSSR count). The van der Waals surface area contributed by atoms with Crippen LogP contribution in [0.4, 0.5) is 4.39 Å². The number of hydrogen-bond donors (Lipinski definition) is 1. The lowest BCUT2D eigenvalue weighted by Gasteiger charge is -2.26. The van der Waals surface area contributed by atoms with Gasteiger partial charge < -0.3 is 24.4 Å². The Morgan fingerprint density at radius 3 is 2.48 bits per heavy atom. The van der Waals surface area contributed by atoms with Gasteiger partial charge in [0.05, 0.1) is 31.4 Å². The molecule has 1 fully saturated rings. The van der Waals surface area contributed by atoms with Gasteiger partial charge in [0.15, 0.2) is 0 Å². The predicted octanol–water partition coefficient (Wildman–Crippen LogP) is 2.83. The Morgan fingerprint density at radius 1 is 1.13 bits per heavy atom. The monoisotopic (exact) mass is 428 g/mol. The molecule has 0 bridgehead atoms. The number of benzene rings is 2. The van der Waals surface area contributed by atoms with Crippen molar-refractivity contribution in [2.45, 2.75) is 6.04 Å². The Hall–Kier alpha value is -3.39. The van der Waals surface area contributed by atoms with Crippen molar-refractivity contribution >= 4 is 17.4 Å². The van der Waals surface area contributed by atoms with E-state index in [2.05, 4.69) is 0 Å². The van der Waals surface area contributed by atoms with Gasteiger partial charge in [-0.05, 0) is 43.9 Å². The largest absolute Gasteiger partial charge is 0.507 e. The van der Waals surface area contributed by atoms with Gasteiger partial charge in [0.25, 0.3) is 11.7 Å². The fraction of sp³-hybridized carbons (Fsp3) is 0.304. The Morgan fingerprint density at radius 2 is 1.87 bits per heavy atom. The molecule has 1 amide bonds. The van der Waals surface area contributed by atoms with E-state index >= 15 is 0 Å². The first-order valence-corrected chi connectivity index (χ1v) is 9.69. The van der Waals surface area contributed by atoms with E-state index in [-0.39, 0.29) is 29.2 Å². The van der Waals surface area contributed by atoms with E-state index in [0.29, 0.717) is 17.9 Å². The molecule has 31 heavy (non-hydrogen) atoms. The molecule has 2 aromatic rings. The number of rotatable bonds is 7. The van der Waals surface area contributed by atoms with Crippen molar-refractivity contribution in [3.63, 3.8) is 0 Å². The van der Waals surface area contributed by atoms with Crippen LogP contribution < -0.4 is 9.47 Å². The first-order valence-electron chi connectivity index (χ1n) is 9.69. The Labute approximate surface area is 180 Å². The lowest BCUT2D eigenvalue weighted by atomic mass is 9.95. The topological polar surface area (TPSA) is 79.3 Å². The minimum absolute atomic E-state index is 0.113. The second kappa shape index (κ2) is 9.18. The first kappa shape index (κ1) is 22.3. The van der Waals surface area contributed by atoms with Crippen molar-refractivity contribution in [1.82, 2.24) is 9.80 Å². The number of ketones is 1. The van der Waals surface area contributed by atoms with Crippen LogP contribution in [0.15, 0.2) is 48.0 Å². The average molecular weight is 428 g/mol. The number of Topliss-reactive ketones (excluding diaryl/α,β-unsaturated/α-hetero) is 1. The molecule has 164 valence electrons. The summed E-state index contributed by atoms with van der Waals surface area (Å²) in [5.74, 6) is -1.69. The molecule has 1 aliphatic heterocycles. The highest BCUT2D eigenvalue weighted by Crippen LogP contribution is 2.41. The van der Waals surface area contributed by atoms with Gasteiger partial charge in [-0.25, -0.2) is 4.39 Å². The van der Waals surface area contributed by atoms with E-state index in [1.807, 2.05) is 19.0 Å². The number of carbonyl (C=O) groups is 2. The number of amides is 1. The zero-order chi connectivity index (χ0) is 22.7. The second-order valence-corrected chi connectivity index (χ2v) is 7.42. The van der Waals surface area contributed by atoms with Crippen molar-refractivity contribution in [1.29, 1.82) is 0 Å². The zero-order valence-corrected chi connectivity index (χ0v) is 17.9. The van der Waals surface area contributed by atoms with Gasteiger partial charge >= 0.3 is 0 Å².